The van der Waals surface area contributed by atoms with E-state index in [2.05, 4.69) is 25.8 Å². The van der Waals surface area contributed by atoms with Gasteiger partial charge in [-0.3, -0.25) is 14.3 Å². The molecule has 2 aliphatic carbocycles. The lowest BCUT2D eigenvalue weighted by Gasteiger charge is -2.19. The van der Waals surface area contributed by atoms with E-state index in [-0.39, 0.29) is 17.7 Å². The van der Waals surface area contributed by atoms with Gasteiger partial charge < -0.3 is 10.6 Å². The summed E-state index contributed by atoms with van der Waals surface area (Å²) in [5.41, 5.74) is 2.37. The first-order valence-electron chi connectivity index (χ1n) is 11.2. The Bertz CT molecular complexity index is 1310. The largest absolute Gasteiger partial charge is 0.324 e. The number of aromatic nitrogens is 6. The first-order valence-corrected chi connectivity index (χ1v) is 11.2. The second kappa shape index (κ2) is 7.95. The van der Waals surface area contributed by atoms with E-state index < -0.39 is 5.95 Å². The van der Waals surface area contributed by atoms with Crippen LogP contribution in [0.5, 0.6) is 0 Å². The lowest BCUT2D eigenvalue weighted by Crippen LogP contribution is -2.26. The summed E-state index contributed by atoms with van der Waals surface area (Å²) in [4.78, 5) is 26.2. The van der Waals surface area contributed by atoms with Crippen molar-refractivity contribution < 1.29 is 9.18 Å². The fourth-order valence-corrected chi connectivity index (χ4v) is 4.59. The van der Waals surface area contributed by atoms with Gasteiger partial charge in [0.05, 0.1) is 11.9 Å². The summed E-state index contributed by atoms with van der Waals surface area (Å²) < 4.78 is 15.0. The van der Waals surface area contributed by atoms with Crippen LogP contribution in [0.25, 0.3) is 5.65 Å². The Kier molecular flexibility index (Phi) is 4.78. The summed E-state index contributed by atoms with van der Waals surface area (Å²) in [6.45, 7) is 0. The zero-order valence-corrected chi connectivity index (χ0v) is 17.8. The molecule has 2 atom stereocenters. The Morgan fingerprint density at radius 2 is 2.06 bits per heavy atom. The number of halogens is 1. The molecule has 4 heterocycles. The Labute approximate surface area is 188 Å². The van der Waals surface area contributed by atoms with E-state index in [0.717, 1.165) is 30.6 Å². The molecule has 2 aliphatic rings. The number of nitrogens with zero attached hydrogens (tertiary/aromatic N) is 5. The quantitative estimate of drug-likeness (QED) is 0.384. The molecule has 0 radical (unpaired) electrons. The van der Waals surface area contributed by atoms with Crippen molar-refractivity contribution in [2.45, 2.75) is 43.9 Å². The number of H-pyrrole nitrogens is 1. The number of hydrogen-bond donors (Lipinski definition) is 3. The molecule has 6 rings (SSSR count). The van der Waals surface area contributed by atoms with Crippen LogP contribution in [0.15, 0.2) is 42.7 Å². The zero-order valence-electron chi connectivity index (χ0n) is 17.8. The second-order valence-corrected chi connectivity index (χ2v) is 8.75. The Morgan fingerprint density at radius 1 is 1.15 bits per heavy atom. The average Bonchev–Trinajstić information content (AvgIpc) is 3.20. The van der Waals surface area contributed by atoms with Crippen LogP contribution in [-0.4, -0.2) is 35.5 Å². The van der Waals surface area contributed by atoms with Crippen LogP contribution in [0.3, 0.4) is 0 Å². The van der Waals surface area contributed by atoms with Crippen molar-refractivity contribution in [2.75, 3.05) is 10.6 Å². The Hall–Kier alpha value is -3.82. The highest BCUT2D eigenvalue weighted by Crippen LogP contribution is 2.41. The van der Waals surface area contributed by atoms with E-state index in [9.17, 15) is 9.18 Å². The summed E-state index contributed by atoms with van der Waals surface area (Å²) in [5, 5.41) is 13.7. The van der Waals surface area contributed by atoms with Crippen LogP contribution in [0.1, 0.15) is 55.5 Å². The van der Waals surface area contributed by atoms with Crippen molar-refractivity contribution >= 4 is 29.0 Å². The number of carbonyl (C=O) groups is 1. The smallest absolute Gasteiger partial charge is 0.228 e. The molecule has 0 unspecified atom stereocenters. The maximum atomic E-state index is 13.1. The summed E-state index contributed by atoms with van der Waals surface area (Å²) >= 11 is 0. The number of nitrogens with one attached hydrogen (secondary N) is 3. The number of aromatic amines is 1. The first-order chi connectivity index (χ1) is 16.1. The Balaban J connectivity index is 1.27. The number of pyridine rings is 1. The van der Waals surface area contributed by atoms with Crippen LogP contribution >= 0.6 is 0 Å². The minimum absolute atomic E-state index is 0.111. The zero-order chi connectivity index (χ0) is 22.4. The van der Waals surface area contributed by atoms with Crippen LogP contribution in [0, 0.1) is 11.9 Å². The number of hydrogen-bond acceptors (Lipinski definition) is 6. The van der Waals surface area contributed by atoms with Crippen LogP contribution in [-0.2, 0) is 4.79 Å². The molecule has 3 N–H and O–H groups in total. The maximum absolute atomic E-state index is 13.1. The van der Waals surface area contributed by atoms with Gasteiger partial charge in [0.25, 0.3) is 0 Å². The van der Waals surface area contributed by atoms with Gasteiger partial charge in [-0.05, 0) is 49.9 Å². The lowest BCUT2D eigenvalue weighted by molar-refractivity contribution is -0.120. The third-order valence-electron chi connectivity index (χ3n) is 6.44. The summed E-state index contributed by atoms with van der Waals surface area (Å²) in [7, 11) is 0. The normalized spacial score (nSPS) is 20.3. The minimum Gasteiger partial charge on any atom is -0.324 e. The maximum Gasteiger partial charge on any atom is 0.228 e. The van der Waals surface area contributed by atoms with Gasteiger partial charge in [0.15, 0.2) is 5.82 Å². The standard InChI is InChI=1S/C23H23FN8O/c24-18-9-8-14(12-25-18)26-22(33)16-4-1-3-15(16)21-28-20-5-2-10-32(20)23(29-21)27-19-11-17(30-31-19)13-6-7-13/h2,5,8-13,15-16H,1,3-4,6-7H2,(H,26,33)(H2,27,28,29,30,31)/t15-,16-/m0/s1. The summed E-state index contributed by atoms with van der Waals surface area (Å²) in [6, 6.07) is 8.60. The molecule has 4 aromatic rings. The topological polar surface area (TPSA) is 113 Å². The molecule has 0 bridgehead atoms. The summed E-state index contributed by atoms with van der Waals surface area (Å²) in [5.74, 6) is 1.45. The van der Waals surface area contributed by atoms with Crippen LogP contribution < -0.4 is 10.6 Å². The first kappa shape index (κ1) is 19.8. The fourth-order valence-electron chi connectivity index (χ4n) is 4.59. The third kappa shape index (κ3) is 3.92. The van der Waals surface area contributed by atoms with Crippen molar-refractivity contribution in [2.24, 2.45) is 5.92 Å². The van der Waals surface area contributed by atoms with Gasteiger partial charge in [0.1, 0.15) is 11.5 Å². The number of fused-ring (bicyclic) bond motifs is 1. The van der Waals surface area contributed by atoms with Crippen molar-refractivity contribution in [1.29, 1.82) is 0 Å². The van der Waals surface area contributed by atoms with E-state index in [1.54, 1.807) is 0 Å². The van der Waals surface area contributed by atoms with Gasteiger partial charge in [-0.1, -0.05) is 6.42 Å². The van der Waals surface area contributed by atoms with Gasteiger partial charge in [-0.15, -0.1) is 0 Å². The Morgan fingerprint density at radius 3 is 2.88 bits per heavy atom. The van der Waals surface area contributed by atoms with Gasteiger partial charge in [-0.2, -0.15) is 14.5 Å². The lowest BCUT2D eigenvalue weighted by atomic mass is 9.94. The number of anilines is 3. The molecule has 33 heavy (non-hydrogen) atoms. The molecule has 10 heteroatoms. The highest BCUT2D eigenvalue weighted by molar-refractivity contribution is 5.93. The molecule has 4 aromatic heterocycles. The van der Waals surface area contributed by atoms with E-state index in [4.69, 9.17) is 9.97 Å². The third-order valence-corrected chi connectivity index (χ3v) is 6.44. The van der Waals surface area contributed by atoms with E-state index in [1.165, 1.54) is 31.2 Å². The van der Waals surface area contributed by atoms with Crippen molar-refractivity contribution in [3.63, 3.8) is 0 Å². The molecule has 168 valence electrons. The number of rotatable bonds is 6. The molecule has 0 aromatic carbocycles. The SMILES string of the molecule is O=C(Nc1ccc(F)nc1)[C@H]1CCC[C@@H]1c1nc(Nc2cc(C3CC3)[nH]n2)n2cccc2n1. The molecule has 0 saturated heterocycles. The molecule has 2 saturated carbocycles. The van der Waals surface area contributed by atoms with Crippen molar-refractivity contribution in [3.05, 3.63) is 60.2 Å². The molecule has 9 nitrogen and oxygen atoms in total. The van der Waals surface area contributed by atoms with E-state index >= 15 is 0 Å². The van der Waals surface area contributed by atoms with Gasteiger partial charge in [0.2, 0.25) is 17.8 Å². The minimum atomic E-state index is -0.582. The highest BCUT2D eigenvalue weighted by Gasteiger charge is 2.36. The van der Waals surface area contributed by atoms with E-state index in [1.807, 2.05) is 28.8 Å². The van der Waals surface area contributed by atoms with E-state index in [0.29, 0.717) is 29.2 Å². The van der Waals surface area contributed by atoms with Crippen molar-refractivity contribution in [1.82, 2.24) is 29.5 Å². The van der Waals surface area contributed by atoms with Gasteiger partial charge >= 0.3 is 0 Å². The highest BCUT2D eigenvalue weighted by atomic mass is 19.1. The van der Waals surface area contributed by atoms with Crippen LogP contribution in [0.2, 0.25) is 0 Å². The molecule has 0 spiro atoms. The molecular weight excluding hydrogens is 423 g/mol. The molecule has 0 aliphatic heterocycles. The average molecular weight is 446 g/mol. The van der Waals surface area contributed by atoms with Crippen molar-refractivity contribution in [3.8, 4) is 0 Å². The summed E-state index contributed by atoms with van der Waals surface area (Å²) in [6.07, 6.45) is 8.09. The molecular formula is C23H23FN8O. The number of amides is 1. The molecule has 1 amide bonds. The molecule has 2 fully saturated rings. The fraction of sp³-hybridized carbons (Fsp3) is 0.348. The monoisotopic (exact) mass is 446 g/mol. The second-order valence-electron chi connectivity index (χ2n) is 8.75. The predicted octanol–water partition coefficient (Wildman–Crippen LogP) is 4.13. The van der Waals surface area contributed by atoms with Gasteiger partial charge in [0, 0.05) is 35.7 Å². The van der Waals surface area contributed by atoms with Crippen LogP contribution in [0.4, 0.5) is 21.8 Å². The predicted molar refractivity (Wildman–Crippen MR) is 120 cm³/mol. The van der Waals surface area contributed by atoms with Gasteiger partial charge in [-0.25, -0.2) is 9.97 Å². The number of carbonyl (C=O) groups excluding carboxylic acids is 1.